The summed E-state index contributed by atoms with van der Waals surface area (Å²) in [4.78, 5) is 24.6. The Morgan fingerprint density at radius 3 is 2.70 bits per heavy atom. The fourth-order valence-corrected chi connectivity index (χ4v) is 3.73. The van der Waals surface area contributed by atoms with E-state index >= 15 is 0 Å². The topological polar surface area (TPSA) is 81.4 Å². The van der Waals surface area contributed by atoms with Gasteiger partial charge in [-0.25, -0.2) is 4.39 Å². The fraction of sp³-hybridized carbons (Fsp3) is 0.200. The third-order valence-electron chi connectivity index (χ3n) is 4.19. The van der Waals surface area contributed by atoms with Crippen LogP contribution < -0.4 is 15.8 Å². The summed E-state index contributed by atoms with van der Waals surface area (Å²) >= 11 is 1.48. The molecule has 3 aromatic rings. The quantitative estimate of drug-likeness (QED) is 0.680. The van der Waals surface area contributed by atoms with E-state index in [0.717, 1.165) is 15.0 Å². The summed E-state index contributed by atoms with van der Waals surface area (Å²) in [6.45, 7) is 3.46. The Morgan fingerprint density at radius 1 is 1.26 bits per heavy atom. The number of amides is 2. The van der Waals surface area contributed by atoms with Crippen LogP contribution in [-0.4, -0.2) is 17.9 Å². The molecule has 0 saturated heterocycles. The van der Waals surface area contributed by atoms with E-state index in [9.17, 15) is 14.0 Å². The lowest BCUT2D eigenvalue weighted by Crippen LogP contribution is -2.42. The predicted octanol–water partition coefficient (Wildman–Crippen LogP) is 3.53. The van der Waals surface area contributed by atoms with Crippen molar-refractivity contribution in [2.75, 3.05) is 0 Å². The molecule has 3 N–H and O–H groups in total. The minimum atomic E-state index is -0.771. The first-order chi connectivity index (χ1) is 12.9. The standard InChI is InChI=1S/C20H19FN2O3S/c1-11(19(22)24)23-20(25)18-12(2)27-17-8-7-14(9-15(17)18)26-10-13-5-3-4-6-16(13)21/h3-9,11H,10H2,1-2H3,(H2,22,24)(H,23,25)/t11-/m1/s1. The van der Waals surface area contributed by atoms with Gasteiger partial charge in [0.1, 0.15) is 24.2 Å². The highest BCUT2D eigenvalue weighted by Gasteiger charge is 2.20. The Kier molecular flexibility index (Phi) is 5.41. The van der Waals surface area contributed by atoms with Crippen LogP contribution in [-0.2, 0) is 11.4 Å². The van der Waals surface area contributed by atoms with Gasteiger partial charge in [-0.3, -0.25) is 9.59 Å². The Bertz CT molecular complexity index is 1020. The number of aryl methyl sites for hydroxylation is 1. The number of hydrogen-bond donors (Lipinski definition) is 2. The number of halogens is 1. The number of carbonyl (C=O) groups excluding carboxylic acids is 2. The minimum Gasteiger partial charge on any atom is -0.489 e. The molecule has 0 aliphatic heterocycles. The van der Waals surface area contributed by atoms with E-state index in [-0.39, 0.29) is 18.3 Å². The van der Waals surface area contributed by atoms with E-state index in [2.05, 4.69) is 5.32 Å². The number of carbonyl (C=O) groups is 2. The fourth-order valence-electron chi connectivity index (χ4n) is 2.69. The van der Waals surface area contributed by atoms with E-state index in [1.165, 1.54) is 24.3 Å². The van der Waals surface area contributed by atoms with Crippen molar-refractivity contribution in [1.29, 1.82) is 0 Å². The highest BCUT2D eigenvalue weighted by molar-refractivity contribution is 7.19. The molecule has 5 nitrogen and oxygen atoms in total. The molecular formula is C20H19FN2O3S. The molecule has 0 aliphatic rings. The summed E-state index contributed by atoms with van der Waals surface area (Å²) in [6.07, 6.45) is 0. The molecule has 140 valence electrons. The zero-order chi connectivity index (χ0) is 19.6. The second kappa shape index (κ2) is 7.75. The van der Waals surface area contributed by atoms with Crippen LogP contribution in [0.2, 0.25) is 0 Å². The molecule has 1 aromatic heterocycles. The zero-order valence-corrected chi connectivity index (χ0v) is 15.7. The number of nitrogens with two attached hydrogens (primary N) is 1. The van der Waals surface area contributed by atoms with Gasteiger partial charge in [-0.1, -0.05) is 18.2 Å². The largest absolute Gasteiger partial charge is 0.489 e. The summed E-state index contributed by atoms with van der Waals surface area (Å²) in [5.41, 5.74) is 6.15. The molecule has 7 heteroatoms. The normalized spacial score (nSPS) is 12.0. The molecule has 0 aliphatic carbocycles. The van der Waals surface area contributed by atoms with E-state index < -0.39 is 11.9 Å². The molecule has 0 unspecified atom stereocenters. The van der Waals surface area contributed by atoms with Gasteiger partial charge < -0.3 is 15.8 Å². The Hall–Kier alpha value is -2.93. The first kappa shape index (κ1) is 18.8. The lowest BCUT2D eigenvalue weighted by atomic mass is 10.1. The maximum absolute atomic E-state index is 13.7. The Balaban J connectivity index is 1.87. The van der Waals surface area contributed by atoms with E-state index in [0.29, 0.717) is 16.9 Å². The first-order valence-electron chi connectivity index (χ1n) is 8.36. The molecule has 0 fully saturated rings. The third kappa shape index (κ3) is 4.09. The van der Waals surface area contributed by atoms with Crippen LogP contribution in [0.5, 0.6) is 5.75 Å². The summed E-state index contributed by atoms with van der Waals surface area (Å²) in [5, 5.41) is 3.32. The SMILES string of the molecule is Cc1sc2ccc(OCc3ccccc3F)cc2c1C(=O)N[C@H](C)C(N)=O. The highest BCUT2D eigenvalue weighted by Crippen LogP contribution is 2.33. The molecule has 2 aromatic carbocycles. The van der Waals surface area contributed by atoms with Gasteiger partial charge in [-0.2, -0.15) is 0 Å². The molecule has 0 radical (unpaired) electrons. The monoisotopic (exact) mass is 386 g/mol. The second-order valence-corrected chi connectivity index (χ2v) is 7.43. The molecule has 0 spiro atoms. The van der Waals surface area contributed by atoms with Gasteiger partial charge in [0, 0.05) is 20.5 Å². The van der Waals surface area contributed by atoms with Crippen molar-refractivity contribution in [3.63, 3.8) is 0 Å². The van der Waals surface area contributed by atoms with E-state index in [1.807, 2.05) is 13.0 Å². The van der Waals surface area contributed by atoms with Gasteiger partial charge in [-0.05, 0) is 38.1 Å². The molecule has 2 amide bonds. The molecule has 0 saturated carbocycles. The van der Waals surface area contributed by atoms with Gasteiger partial charge in [0.15, 0.2) is 0 Å². The van der Waals surface area contributed by atoms with Crippen LogP contribution in [0, 0.1) is 12.7 Å². The summed E-state index contributed by atoms with van der Waals surface area (Å²) in [6, 6.07) is 11.0. The van der Waals surface area contributed by atoms with Crippen LogP contribution in [0.1, 0.15) is 27.7 Å². The average molecular weight is 386 g/mol. The van der Waals surface area contributed by atoms with E-state index in [4.69, 9.17) is 10.5 Å². The van der Waals surface area contributed by atoms with Crippen molar-refractivity contribution in [2.24, 2.45) is 5.73 Å². The van der Waals surface area contributed by atoms with Crippen molar-refractivity contribution in [2.45, 2.75) is 26.5 Å². The summed E-state index contributed by atoms with van der Waals surface area (Å²) in [5.74, 6) is -0.767. The van der Waals surface area contributed by atoms with Crippen molar-refractivity contribution < 1.29 is 18.7 Å². The average Bonchev–Trinajstić information content (AvgIpc) is 2.96. The molecular weight excluding hydrogens is 367 g/mol. The number of primary amides is 1. The van der Waals surface area contributed by atoms with Crippen LogP contribution in [0.15, 0.2) is 42.5 Å². The smallest absolute Gasteiger partial charge is 0.253 e. The van der Waals surface area contributed by atoms with Crippen LogP contribution in [0.4, 0.5) is 4.39 Å². The lowest BCUT2D eigenvalue weighted by Gasteiger charge is -2.11. The number of nitrogens with one attached hydrogen (secondary N) is 1. The number of thiophene rings is 1. The van der Waals surface area contributed by atoms with E-state index in [1.54, 1.807) is 30.3 Å². The summed E-state index contributed by atoms with van der Waals surface area (Å²) < 4.78 is 20.4. The van der Waals surface area contributed by atoms with Gasteiger partial charge in [0.2, 0.25) is 5.91 Å². The van der Waals surface area contributed by atoms with Gasteiger partial charge in [-0.15, -0.1) is 11.3 Å². The Labute approximate surface area is 159 Å². The molecule has 1 heterocycles. The maximum atomic E-state index is 13.7. The molecule has 27 heavy (non-hydrogen) atoms. The number of fused-ring (bicyclic) bond motifs is 1. The van der Waals surface area contributed by atoms with Crippen LogP contribution in [0.25, 0.3) is 10.1 Å². The Morgan fingerprint density at radius 2 is 2.00 bits per heavy atom. The van der Waals surface area contributed by atoms with Crippen molar-refractivity contribution in [1.82, 2.24) is 5.32 Å². The minimum absolute atomic E-state index is 0.0849. The predicted molar refractivity (Wildman–Crippen MR) is 103 cm³/mol. The summed E-state index contributed by atoms with van der Waals surface area (Å²) in [7, 11) is 0. The van der Waals surface area contributed by atoms with Gasteiger partial charge in [0.25, 0.3) is 5.91 Å². The maximum Gasteiger partial charge on any atom is 0.253 e. The molecule has 1 atom stereocenters. The van der Waals surface area contributed by atoms with Gasteiger partial charge >= 0.3 is 0 Å². The first-order valence-corrected chi connectivity index (χ1v) is 9.18. The van der Waals surface area contributed by atoms with Crippen LogP contribution >= 0.6 is 11.3 Å². The number of ether oxygens (including phenoxy) is 1. The molecule has 0 bridgehead atoms. The second-order valence-electron chi connectivity index (χ2n) is 6.17. The number of hydrogen-bond acceptors (Lipinski definition) is 4. The van der Waals surface area contributed by atoms with Gasteiger partial charge in [0.05, 0.1) is 5.56 Å². The highest BCUT2D eigenvalue weighted by atomic mass is 32.1. The lowest BCUT2D eigenvalue weighted by molar-refractivity contribution is -0.119. The zero-order valence-electron chi connectivity index (χ0n) is 14.9. The third-order valence-corrected chi connectivity index (χ3v) is 5.28. The molecule has 3 rings (SSSR count). The van der Waals surface area contributed by atoms with Crippen molar-refractivity contribution >= 4 is 33.2 Å². The van der Waals surface area contributed by atoms with Crippen molar-refractivity contribution in [3.8, 4) is 5.75 Å². The number of rotatable bonds is 6. The van der Waals surface area contributed by atoms with Crippen molar-refractivity contribution in [3.05, 3.63) is 64.3 Å². The number of benzene rings is 2. The van der Waals surface area contributed by atoms with Crippen LogP contribution in [0.3, 0.4) is 0 Å².